The van der Waals surface area contributed by atoms with Crippen LogP contribution in [0.15, 0.2) is 28.0 Å². The summed E-state index contributed by atoms with van der Waals surface area (Å²) in [6, 6.07) is 2.68. The number of nitrogens with one attached hydrogen (secondary N) is 1. The molecule has 0 aliphatic rings. The van der Waals surface area contributed by atoms with Crippen molar-refractivity contribution in [2.24, 2.45) is 0 Å². The average molecular weight is 288 g/mol. The van der Waals surface area contributed by atoms with Crippen LogP contribution in [0.25, 0.3) is 0 Å². The van der Waals surface area contributed by atoms with Crippen molar-refractivity contribution in [1.29, 1.82) is 0 Å². The molecule has 10 heteroatoms. The largest absolute Gasteiger partial charge is 0.298 e. The van der Waals surface area contributed by atoms with Gasteiger partial charge in [-0.2, -0.15) is 16.8 Å². The maximum Gasteiger partial charge on any atom is 0.295 e. The first-order valence-corrected chi connectivity index (χ1v) is 6.88. The Hall–Kier alpha value is -0.870. The highest BCUT2D eigenvalue weighted by molar-refractivity contribution is 7.89. The molecule has 16 heavy (non-hydrogen) atoms. The number of rotatable bonds is 3. The summed E-state index contributed by atoms with van der Waals surface area (Å²) < 4.78 is 60.9. The van der Waals surface area contributed by atoms with Gasteiger partial charge >= 0.3 is 0 Å². The summed E-state index contributed by atoms with van der Waals surface area (Å²) in [5, 5.41) is 0. The van der Waals surface area contributed by atoms with Crippen LogP contribution in [0.2, 0.25) is 0 Å². The normalized spacial score (nSPS) is 12.4. The summed E-state index contributed by atoms with van der Waals surface area (Å²) in [6.07, 6.45) is 0. The molecule has 90 valence electrons. The Bertz CT molecular complexity index is 608. The molecule has 0 aliphatic carbocycles. The lowest BCUT2D eigenvalue weighted by atomic mass is 10.3. The zero-order valence-corrected chi connectivity index (χ0v) is 9.84. The molecule has 1 aromatic rings. The second kappa shape index (κ2) is 4.18. The molecule has 0 unspecified atom stereocenters. The predicted molar refractivity (Wildman–Crippen MR) is 55.5 cm³/mol. The first kappa shape index (κ1) is 13.2. The van der Waals surface area contributed by atoms with E-state index in [-0.39, 0.29) is 5.69 Å². The minimum Gasteiger partial charge on any atom is -0.298 e. The fourth-order valence-electron chi connectivity index (χ4n) is 0.982. The van der Waals surface area contributed by atoms with E-state index >= 15 is 0 Å². The monoisotopic (exact) mass is 287 g/mol. The van der Waals surface area contributed by atoms with Crippen molar-refractivity contribution >= 4 is 37.7 Å². The molecule has 0 radical (unpaired) electrons. The van der Waals surface area contributed by atoms with E-state index in [1.807, 2.05) is 4.84 Å². The van der Waals surface area contributed by atoms with Crippen LogP contribution in [-0.2, 0) is 20.2 Å². The van der Waals surface area contributed by atoms with Gasteiger partial charge in [-0.05, 0) is 18.2 Å². The number of hydrogen-bond donors (Lipinski definition) is 3. The van der Waals surface area contributed by atoms with Crippen LogP contribution in [0, 0.1) is 0 Å². The third kappa shape index (κ3) is 2.83. The summed E-state index contributed by atoms with van der Waals surface area (Å²) >= 11 is 5.18. The summed E-state index contributed by atoms with van der Waals surface area (Å²) in [4.78, 5) is 0.155. The van der Waals surface area contributed by atoms with Crippen molar-refractivity contribution in [2.75, 3.05) is 4.84 Å². The summed E-state index contributed by atoms with van der Waals surface area (Å²) in [5.74, 6) is 0. The molecule has 0 saturated carbocycles. The Morgan fingerprint density at radius 3 is 1.88 bits per heavy atom. The molecule has 0 bridgehead atoms. The van der Waals surface area contributed by atoms with Crippen LogP contribution < -0.4 is 4.84 Å². The van der Waals surface area contributed by atoms with Gasteiger partial charge in [-0.3, -0.25) is 13.9 Å². The van der Waals surface area contributed by atoms with Crippen molar-refractivity contribution in [3.8, 4) is 0 Å². The number of hydrogen-bond acceptors (Lipinski definition) is 5. The van der Waals surface area contributed by atoms with E-state index in [1.54, 1.807) is 0 Å². The molecule has 0 atom stereocenters. The molecule has 7 nitrogen and oxygen atoms in total. The van der Waals surface area contributed by atoms with Crippen LogP contribution in [0.5, 0.6) is 0 Å². The van der Waals surface area contributed by atoms with E-state index < -0.39 is 30.0 Å². The van der Waals surface area contributed by atoms with Gasteiger partial charge in [0.1, 0.15) is 9.79 Å². The standard InChI is InChI=1S/C6H6ClNO6S2/c7-8-4-1-2-5(15(9,10)11)6(3-4)16(12,13)14/h1-3,8H,(H,9,10,11)(H,12,13,14). The highest BCUT2D eigenvalue weighted by Crippen LogP contribution is 2.24. The smallest absolute Gasteiger partial charge is 0.295 e. The van der Waals surface area contributed by atoms with Crippen LogP contribution in [-0.4, -0.2) is 25.9 Å². The van der Waals surface area contributed by atoms with E-state index in [1.165, 1.54) is 0 Å². The Morgan fingerprint density at radius 1 is 1.00 bits per heavy atom. The van der Waals surface area contributed by atoms with E-state index in [9.17, 15) is 16.8 Å². The van der Waals surface area contributed by atoms with Gasteiger partial charge in [0.25, 0.3) is 20.2 Å². The first-order valence-electron chi connectivity index (χ1n) is 3.62. The van der Waals surface area contributed by atoms with Crippen LogP contribution in [0.3, 0.4) is 0 Å². The molecule has 0 aromatic heterocycles. The van der Waals surface area contributed by atoms with Gasteiger partial charge < -0.3 is 0 Å². The molecule has 0 amide bonds. The van der Waals surface area contributed by atoms with Crippen molar-refractivity contribution in [1.82, 2.24) is 0 Å². The molecule has 0 spiro atoms. The lowest BCUT2D eigenvalue weighted by molar-refractivity contribution is 0.466. The zero-order valence-electron chi connectivity index (χ0n) is 7.45. The SMILES string of the molecule is O=S(=O)(O)c1ccc(NCl)cc1S(=O)(=O)O. The Kier molecular flexibility index (Phi) is 3.45. The summed E-state index contributed by atoms with van der Waals surface area (Å²) in [7, 11) is -9.54. The van der Waals surface area contributed by atoms with Crippen LogP contribution >= 0.6 is 11.8 Å². The Morgan fingerprint density at radius 2 is 1.50 bits per heavy atom. The predicted octanol–water partition coefficient (Wildman–Crippen LogP) is 0.746. The molecule has 1 aromatic carbocycles. The van der Waals surface area contributed by atoms with E-state index in [0.29, 0.717) is 0 Å². The van der Waals surface area contributed by atoms with E-state index in [4.69, 9.17) is 20.9 Å². The highest BCUT2D eigenvalue weighted by Gasteiger charge is 2.23. The van der Waals surface area contributed by atoms with Crippen molar-refractivity contribution in [3.05, 3.63) is 18.2 Å². The van der Waals surface area contributed by atoms with Gasteiger partial charge in [0.2, 0.25) is 0 Å². The summed E-state index contributed by atoms with van der Waals surface area (Å²) in [6.45, 7) is 0. The van der Waals surface area contributed by atoms with Crippen molar-refractivity contribution in [3.63, 3.8) is 0 Å². The lowest BCUT2D eigenvalue weighted by Crippen LogP contribution is -2.08. The van der Waals surface area contributed by atoms with Crippen LogP contribution in [0.4, 0.5) is 5.69 Å². The molecular formula is C6H6ClNO6S2. The minimum atomic E-state index is -4.79. The Labute approximate surface area is 96.7 Å². The molecular weight excluding hydrogens is 282 g/mol. The minimum absolute atomic E-state index is 0.0432. The highest BCUT2D eigenvalue weighted by atomic mass is 35.5. The van der Waals surface area contributed by atoms with Gasteiger partial charge in [0.15, 0.2) is 0 Å². The van der Waals surface area contributed by atoms with Gasteiger partial charge in [-0.25, -0.2) is 0 Å². The molecule has 0 aliphatic heterocycles. The fraction of sp³-hybridized carbons (Fsp3) is 0. The number of benzene rings is 1. The maximum absolute atomic E-state index is 10.9. The quantitative estimate of drug-likeness (QED) is 0.554. The second-order valence-corrected chi connectivity index (χ2v) is 5.68. The van der Waals surface area contributed by atoms with Gasteiger partial charge in [-0.15, -0.1) is 0 Å². The second-order valence-electron chi connectivity index (χ2n) is 2.71. The average Bonchev–Trinajstić information content (AvgIpc) is 2.14. The fourth-order valence-corrected chi connectivity index (χ4v) is 2.88. The van der Waals surface area contributed by atoms with Gasteiger partial charge in [0, 0.05) is 11.8 Å². The molecule has 0 saturated heterocycles. The van der Waals surface area contributed by atoms with Crippen molar-refractivity contribution in [2.45, 2.75) is 9.79 Å². The Balaban J connectivity index is 3.66. The van der Waals surface area contributed by atoms with Gasteiger partial charge in [0.05, 0.1) is 5.69 Å². The molecule has 3 N–H and O–H groups in total. The molecule has 0 heterocycles. The molecule has 0 fully saturated rings. The maximum atomic E-state index is 10.9. The number of anilines is 1. The molecule has 1 rings (SSSR count). The third-order valence-electron chi connectivity index (χ3n) is 1.61. The lowest BCUT2D eigenvalue weighted by Gasteiger charge is -2.06. The zero-order chi connectivity index (χ0) is 12.6. The van der Waals surface area contributed by atoms with E-state index in [0.717, 1.165) is 18.2 Å². The number of halogens is 1. The summed E-state index contributed by atoms with van der Waals surface area (Å²) in [5.41, 5.74) is 0.0432. The third-order valence-corrected chi connectivity index (χ3v) is 3.76. The van der Waals surface area contributed by atoms with Crippen molar-refractivity contribution < 1.29 is 25.9 Å². The first-order chi connectivity index (χ1) is 7.16. The van der Waals surface area contributed by atoms with Crippen LogP contribution in [0.1, 0.15) is 0 Å². The topological polar surface area (TPSA) is 121 Å². The van der Waals surface area contributed by atoms with Gasteiger partial charge in [-0.1, -0.05) is 0 Å². The van der Waals surface area contributed by atoms with E-state index in [2.05, 4.69) is 0 Å².